The van der Waals surface area contributed by atoms with Crippen molar-refractivity contribution in [1.29, 1.82) is 0 Å². The highest BCUT2D eigenvalue weighted by molar-refractivity contribution is 7.91. The van der Waals surface area contributed by atoms with Crippen LogP contribution in [0.4, 0.5) is 5.13 Å². The van der Waals surface area contributed by atoms with Crippen molar-refractivity contribution in [2.24, 2.45) is 5.92 Å². The third-order valence-corrected chi connectivity index (χ3v) is 5.88. The highest BCUT2D eigenvalue weighted by atomic mass is 32.2. The SMILES string of the molecule is CC(=O)Nc1nnc(S(=O)(=O)NC(C)(C(=O)O)C2CC2)s1. The van der Waals surface area contributed by atoms with Gasteiger partial charge in [0.25, 0.3) is 10.0 Å². The zero-order valence-electron chi connectivity index (χ0n) is 11.3. The van der Waals surface area contributed by atoms with Crippen molar-refractivity contribution in [2.45, 2.75) is 36.6 Å². The van der Waals surface area contributed by atoms with Crippen LogP contribution < -0.4 is 10.0 Å². The molecule has 1 saturated carbocycles. The fraction of sp³-hybridized carbons (Fsp3) is 0.600. The second kappa shape index (κ2) is 5.31. The number of carbonyl (C=O) groups is 2. The Bertz CT molecular complexity index is 681. The van der Waals surface area contributed by atoms with E-state index in [1.54, 1.807) is 0 Å². The number of sulfonamides is 1. The van der Waals surface area contributed by atoms with E-state index < -0.39 is 27.4 Å². The van der Waals surface area contributed by atoms with Gasteiger partial charge in [-0.2, -0.15) is 4.72 Å². The van der Waals surface area contributed by atoms with Gasteiger partial charge in [-0.1, -0.05) is 11.3 Å². The molecule has 9 nitrogen and oxygen atoms in total. The minimum Gasteiger partial charge on any atom is -0.480 e. The second-order valence-corrected chi connectivity index (χ2v) is 7.78. The normalized spacial score (nSPS) is 18.0. The molecule has 0 aliphatic heterocycles. The molecule has 0 saturated heterocycles. The van der Waals surface area contributed by atoms with E-state index in [1.807, 2.05) is 0 Å². The molecule has 1 aliphatic rings. The van der Waals surface area contributed by atoms with Gasteiger partial charge in [-0.25, -0.2) is 8.42 Å². The van der Waals surface area contributed by atoms with Crippen molar-refractivity contribution >= 4 is 38.4 Å². The van der Waals surface area contributed by atoms with Crippen molar-refractivity contribution in [3.63, 3.8) is 0 Å². The van der Waals surface area contributed by atoms with E-state index in [0.717, 1.165) is 0 Å². The fourth-order valence-corrected chi connectivity index (χ4v) is 4.18. The molecule has 1 aromatic heterocycles. The van der Waals surface area contributed by atoms with E-state index in [-0.39, 0.29) is 15.4 Å². The van der Waals surface area contributed by atoms with Crippen LogP contribution in [0.1, 0.15) is 26.7 Å². The summed E-state index contributed by atoms with van der Waals surface area (Å²) >= 11 is 0.655. The molecule has 1 fully saturated rings. The summed E-state index contributed by atoms with van der Waals surface area (Å²) in [5.74, 6) is -1.89. The van der Waals surface area contributed by atoms with Gasteiger partial charge < -0.3 is 10.4 Å². The Hall–Kier alpha value is -1.59. The Morgan fingerprint density at radius 3 is 2.48 bits per heavy atom. The zero-order valence-corrected chi connectivity index (χ0v) is 12.9. The molecule has 1 aliphatic carbocycles. The van der Waals surface area contributed by atoms with Gasteiger partial charge in [0, 0.05) is 6.92 Å². The molecule has 1 unspecified atom stereocenters. The van der Waals surface area contributed by atoms with Crippen LogP contribution in [-0.2, 0) is 19.6 Å². The molecule has 0 aromatic carbocycles. The standard InChI is InChI=1S/C10H14N4O5S2/c1-5(15)11-8-12-13-9(20-8)21(18,19)14-10(2,7(16)17)6-3-4-6/h6,14H,3-4H2,1-2H3,(H,16,17)(H,11,12,15). The zero-order chi connectivity index (χ0) is 15.8. The number of aliphatic carboxylic acids is 1. The average molecular weight is 334 g/mol. The van der Waals surface area contributed by atoms with Crippen LogP contribution in [0.5, 0.6) is 0 Å². The first-order valence-corrected chi connectivity index (χ1v) is 8.33. The van der Waals surface area contributed by atoms with Gasteiger partial charge in [0.1, 0.15) is 5.54 Å². The van der Waals surface area contributed by atoms with E-state index in [9.17, 15) is 23.1 Å². The van der Waals surface area contributed by atoms with E-state index in [0.29, 0.717) is 24.2 Å². The number of aromatic nitrogens is 2. The smallest absolute Gasteiger partial charge is 0.324 e. The van der Waals surface area contributed by atoms with Crippen LogP contribution in [0.25, 0.3) is 0 Å². The minimum absolute atomic E-state index is 0.0336. The van der Waals surface area contributed by atoms with E-state index in [4.69, 9.17) is 0 Å². The number of carbonyl (C=O) groups excluding carboxylic acids is 1. The average Bonchev–Trinajstić information content (AvgIpc) is 3.09. The number of nitrogens with zero attached hydrogens (tertiary/aromatic N) is 2. The number of rotatable bonds is 6. The molecule has 2 rings (SSSR count). The number of carboxylic acid groups (broad SMARTS) is 1. The van der Waals surface area contributed by atoms with Crippen LogP contribution in [0.2, 0.25) is 0 Å². The summed E-state index contributed by atoms with van der Waals surface area (Å²) in [6.45, 7) is 2.59. The molecule has 0 radical (unpaired) electrons. The van der Waals surface area contributed by atoms with Crippen LogP contribution in [-0.4, -0.2) is 41.1 Å². The van der Waals surface area contributed by atoms with Crippen molar-refractivity contribution in [1.82, 2.24) is 14.9 Å². The summed E-state index contributed by atoms with van der Waals surface area (Å²) < 4.78 is 26.2. The van der Waals surface area contributed by atoms with Gasteiger partial charge in [0.05, 0.1) is 0 Å². The van der Waals surface area contributed by atoms with E-state index in [2.05, 4.69) is 20.2 Å². The molecule has 1 aromatic rings. The van der Waals surface area contributed by atoms with Crippen molar-refractivity contribution < 1.29 is 23.1 Å². The maximum atomic E-state index is 12.2. The number of hydrogen-bond donors (Lipinski definition) is 3. The fourth-order valence-electron chi connectivity index (χ4n) is 1.80. The predicted octanol–water partition coefficient (Wildman–Crippen LogP) is 0.0281. The lowest BCUT2D eigenvalue weighted by molar-refractivity contribution is -0.144. The molecule has 0 spiro atoms. The molecule has 1 atom stereocenters. The highest BCUT2D eigenvalue weighted by Gasteiger charge is 2.50. The van der Waals surface area contributed by atoms with Gasteiger partial charge >= 0.3 is 5.97 Å². The van der Waals surface area contributed by atoms with Crippen LogP contribution >= 0.6 is 11.3 Å². The maximum absolute atomic E-state index is 12.2. The Morgan fingerprint density at radius 2 is 2.00 bits per heavy atom. The first-order chi connectivity index (χ1) is 9.65. The van der Waals surface area contributed by atoms with Crippen LogP contribution in [0, 0.1) is 5.92 Å². The Labute approximate surface area is 124 Å². The molecular formula is C10H14N4O5S2. The van der Waals surface area contributed by atoms with Crippen molar-refractivity contribution in [2.75, 3.05) is 5.32 Å². The molecular weight excluding hydrogens is 320 g/mol. The molecule has 1 heterocycles. The molecule has 1 amide bonds. The first kappa shape index (κ1) is 15.8. The lowest BCUT2D eigenvalue weighted by Gasteiger charge is -2.24. The summed E-state index contributed by atoms with van der Waals surface area (Å²) in [7, 11) is -4.12. The molecule has 3 N–H and O–H groups in total. The van der Waals surface area contributed by atoms with Crippen LogP contribution in [0.15, 0.2) is 4.34 Å². The third kappa shape index (κ3) is 3.36. The summed E-state index contributed by atoms with van der Waals surface area (Å²) in [4.78, 5) is 22.2. The quantitative estimate of drug-likeness (QED) is 0.624. The first-order valence-electron chi connectivity index (χ1n) is 6.03. The lowest BCUT2D eigenvalue weighted by atomic mass is 9.98. The van der Waals surface area contributed by atoms with Crippen molar-refractivity contribution in [3.8, 4) is 0 Å². The summed E-state index contributed by atoms with van der Waals surface area (Å²) in [5.41, 5.74) is -1.57. The van der Waals surface area contributed by atoms with Gasteiger partial charge in [-0.15, -0.1) is 10.2 Å². The van der Waals surface area contributed by atoms with E-state index in [1.165, 1.54) is 13.8 Å². The lowest BCUT2D eigenvalue weighted by Crippen LogP contribution is -2.53. The number of carboxylic acids is 1. The van der Waals surface area contributed by atoms with Gasteiger partial charge in [0.2, 0.25) is 15.4 Å². The largest absolute Gasteiger partial charge is 0.480 e. The summed E-state index contributed by atoms with van der Waals surface area (Å²) in [5, 5.41) is 18.6. The monoisotopic (exact) mass is 334 g/mol. The summed E-state index contributed by atoms with van der Waals surface area (Å²) in [6, 6.07) is 0. The molecule has 116 valence electrons. The number of hydrogen-bond acceptors (Lipinski definition) is 7. The second-order valence-electron chi connectivity index (χ2n) is 4.94. The Morgan fingerprint density at radius 1 is 1.38 bits per heavy atom. The van der Waals surface area contributed by atoms with E-state index >= 15 is 0 Å². The number of amides is 1. The predicted molar refractivity (Wildman–Crippen MR) is 73.3 cm³/mol. The van der Waals surface area contributed by atoms with Gasteiger partial charge in [-0.05, 0) is 25.7 Å². The number of anilines is 1. The molecule has 21 heavy (non-hydrogen) atoms. The molecule has 0 bridgehead atoms. The maximum Gasteiger partial charge on any atom is 0.324 e. The van der Waals surface area contributed by atoms with Crippen molar-refractivity contribution in [3.05, 3.63) is 0 Å². The third-order valence-electron chi connectivity index (χ3n) is 3.10. The minimum atomic E-state index is -4.12. The molecule has 11 heteroatoms. The Kier molecular flexibility index (Phi) is 4.00. The summed E-state index contributed by atoms with van der Waals surface area (Å²) in [6.07, 6.45) is 1.30. The Balaban J connectivity index is 2.23. The van der Waals surface area contributed by atoms with Gasteiger partial charge in [0.15, 0.2) is 0 Å². The van der Waals surface area contributed by atoms with Gasteiger partial charge in [-0.3, -0.25) is 9.59 Å². The number of nitrogens with one attached hydrogen (secondary N) is 2. The highest BCUT2D eigenvalue weighted by Crippen LogP contribution is 2.40. The van der Waals surface area contributed by atoms with Crippen LogP contribution in [0.3, 0.4) is 0 Å². The topological polar surface area (TPSA) is 138 Å².